The summed E-state index contributed by atoms with van der Waals surface area (Å²) >= 11 is 0. The van der Waals surface area contributed by atoms with Crippen molar-refractivity contribution < 1.29 is 23.4 Å². The third-order valence-corrected chi connectivity index (χ3v) is 2.71. The number of halogens is 1. The summed E-state index contributed by atoms with van der Waals surface area (Å²) in [6.07, 6.45) is 0. The monoisotopic (exact) mass is 290 g/mol. The van der Waals surface area contributed by atoms with Gasteiger partial charge in [0, 0.05) is 0 Å². The Morgan fingerprint density at radius 1 is 0.905 bits per heavy atom. The minimum absolute atomic E-state index is 0.302. The van der Waals surface area contributed by atoms with Crippen LogP contribution in [-0.4, -0.2) is 26.3 Å². The second-order valence-corrected chi connectivity index (χ2v) is 4.17. The van der Waals surface area contributed by atoms with E-state index in [1.165, 1.54) is 19.2 Å². The Morgan fingerprint density at radius 3 is 1.86 bits per heavy atom. The van der Waals surface area contributed by atoms with Gasteiger partial charge in [-0.2, -0.15) is 0 Å². The summed E-state index contributed by atoms with van der Waals surface area (Å²) in [5.74, 6) is 0.525. The molecule has 0 aliphatic heterocycles. The van der Waals surface area contributed by atoms with Crippen LogP contribution in [-0.2, 0) is 4.74 Å². The van der Waals surface area contributed by atoms with E-state index in [0.717, 1.165) is 0 Å². The predicted octanol–water partition coefficient (Wildman–Crippen LogP) is 3.07. The zero-order valence-electron chi connectivity index (χ0n) is 11.5. The summed E-state index contributed by atoms with van der Waals surface area (Å²) in [6.45, 7) is 0.680. The van der Waals surface area contributed by atoms with Crippen LogP contribution >= 0.6 is 0 Å². The number of rotatable bonds is 6. The van der Waals surface area contributed by atoms with Crippen LogP contribution in [0.5, 0.6) is 11.5 Å². The molecule has 5 heteroatoms. The first kappa shape index (κ1) is 14.8. The van der Waals surface area contributed by atoms with Crippen LogP contribution in [0.2, 0.25) is 0 Å². The van der Waals surface area contributed by atoms with Crippen LogP contribution in [0.3, 0.4) is 0 Å². The summed E-state index contributed by atoms with van der Waals surface area (Å²) in [7, 11) is 1.33. The van der Waals surface area contributed by atoms with Gasteiger partial charge in [-0.25, -0.2) is 9.18 Å². The molecule has 0 aromatic heterocycles. The summed E-state index contributed by atoms with van der Waals surface area (Å²) in [4.78, 5) is 11.3. The van der Waals surface area contributed by atoms with E-state index < -0.39 is 0 Å². The molecule has 4 nitrogen and oxygen atoms in total. The molecule has 0 aliphatic carbocycles. The van der Waals surface area contributed by atoms with Gasteiger partial charge in [-0.3, -0.25) is 0 Å². The van der Waals surface area contributed by atoms with E-state index >= 15 is 0 Å². The molecule has 0 fully saturated rings. The number of hydrogen-bond donors (Lipinski definition) is 0. The van der Waals surface area contributed by atoms with Gasteiger partial charge >= 0.3 is 5.97 Å². The van der Waals surface area contributed by atoms with Crippen molar-refractivity contribution in [3.63, 3.8) is 0 Å². The van der Waals surface area contributed by atoms with Crippen LogP contribution < -0.4 is 9.47 Å². The number of carbonyl (C=O) groups is 1. The molecule has 2 aromatic rings. The van der Waals surface area contributed by atoms with Gasteiger partial charge < -0.3 is 14.2 Å². The van der Waals surface area contributed by atoms with E-state index in [0.29, 0.717) is 30.3 Å². The maximum atomic E-state index is 12.7. The smallest absolute Gasteiger partial charge is 0.337 e. The zero-order chi connectivity index (χ0) is 15.1. The van der Waals surface area contributed by atoms with Crippen molar-refractivity contribution in [1.29, 1.82) is 0 Å². The summed E-state index contributed by atoms with van der Waals surface area (Å²) in [6, 6.07) is 12.4. The molecule has 0 heterocycles. The summed E-state index contributed by atoms with van der Waals surface area (Å²) in [5, 5.41) is 0. The Bertz CT molecular complexity index is 578. The molecule has 21 heavy (non-hydrogen) atoms. The van der Waals surface area contributed by atoms with Gasteiger partial charge in [0.1, 0.15) is 30.5 Å². The quantitative estimate of drug-likeness (QED) is 0.606. The fourth-order valence-corrected chi connectivity index (χ4v) is 1.65. The first-order valence-corrected chi connectivity index (χ1v) is 6.38. The van der Waals surface area contributed by atoms with Crippen molar-refractivity contribution in [3.05, 3.63) is 59.9 Å². The zero-order valence-corrected chi connectivity index (χ0v) is 11.5. The minimum atomic E-state index is -0.388. The number of carbonyl (C=O) groups excluding carboxylic acids is 1. The van der Waals surface area contributed by atoms with Crippen molar-refractivity contribution in [2.75, 3.05) is 20.3 Å². The third kappa shape index (κ3) is 4.49. The summed E-state index contributed by atoms with van der Waals surface area (Å²) in [5.41, 5.74) is 0.465. The topological polar surface area (TPSA) is 44.8 Å². The fourth-order valence-electron chi connectivity index (χ4n) is 1.65. The normalized spacial score (nSPS) is 10.0. The van der Waals surface area contributed by atoms with Crippen molar-refractivity contribution in [2.24, 2.45) is 0 Å². The molecule has 2 rings (SSSR count). The highest BCUT2D eigenvalue weighted by Gasteiger charge is 2.04. The highest BCUT2D eigenvalue weighted by molar-refractivity contribution is 5.89. The first-order chi connectivity index (χ1) is 10.2. The molecule has 0 spiro atoms. The van der Waals surface area contributed by atoms with Crippen molar-refractivity contribution in [2.45, 2.75) is 0 Å². The Morgan fingerprint density at radius 2 is 1.38 bits per heavy atom. The molecule has 0 bridgehead atoms. The lowest BCUT2D eigenvalue weighted by Gasteiger charge is -2.08. The molecule has 2 aromatic carbocycles. The van der Waals surface area contributed by atoms with E-state index in [2.05, 4.69) is 4.74 Å². The van der Waals surface area contributed by atoms with Crippen LogP contribution in [0.25, 0.3) is 0 Å². The van der Waals surface area contributed by atoms with Gasteiger partial charge in [0.2, 0.25) is 0 Å². The number of methoxy groups -OCH3 is 1. The second kappa shape index (κ2) is 7.28. The van der Waals surface area contributed by atoms with E-state index in [1.54, 1.807) is 36.4 Å². The standard InChI is InChI=1S/C16H15FO4/c1-19-16(18)12-2-6-14(7-3-12)20-10-11-21-15-8-4-13(17)5-9-15/h2-9H,10-11H2,1H3. The molecule has 0 radical (unpaired) electrons. The maximum absolute atomic E-state index is 12.7. The molecule has 0 amide bonds. The maximum Gasteiger partial charge on any atom is 0.337 e. The van der Waals surface area contributed by atoms with Gasteiger partial charge in [-0.15, -0.1) is 0 Å². The molecule has 0 aliphatic rings. The lowest BCUT2D eigenvalue weighted by Crippen LogP contribution is -2.09. The van der Waals surface area contributed by atoms with Crippen LogP contribution in [0.4, 0.5) is 4.39 Å². The Balaban J connectivity index is 1.75. The van der Waals surface area contributed by atoms with Crippen molar-refractivity contribution >= 4 is 5.97 Å². The minimum Gasteiger partial charge on any atom is -0.490 e. The Hall–Kier alpha value is -2.56. The van der Waals surface area contributed by atoms with Crippen LogP contribution in [0.15, 0.2) is 48.5 Å². The molecule has 0 atom stereocenters. The molecule has 110 valence electrons. The SMILES string of the molecule is COC(=O)c1ccc(OCCOc2ccc(F)cc2)cc1. The predicted molar refractivity (Wildman–Crippen MR) is 75.2 cm³/mol. The average Bonchev–Trinajstić information content (AvgIpc) is 2.53. The molecular weight excluding hydrogens is 275 g/mol. The highest BCUT2D eigenvalue weighted by atomic mass is 19.1. The van der Waals surface area contributed by atoms with E-state index in [1.807, 2.05) is 0 Å². The fraction of sp³-hybridized carbons (Fsp3) is 0.188. The van der Waals surface area contributed by atoms with Gasteiger partial charge in [-0.05, 0) is 48.5 Å². The number of benzene rings is 2. The van der Waals surface area contributed by atoms with E-state index in [9.17, 15) is 9.18 Å². The summed E-state index contributed by atoms with van der Waals surface area (Å²) < 4.78 is 28.2. The number of hydrogen-bond acceptors (Lipinski definition) is 4. The third-order valence-electron chi connectivity index (χ3n) is 2.71. The van der Waals surface area contributed by atoms with Gasteiger partial charge in [0.25, 0.3) is 0 Å². The lowest BCUT2D eigenvalue weighted by atomic mass is 10.2. The van der Waals surface area contributed by atoms with Crippen LogP contribution in [0.1, 0.15) is 10.4 Å². The largest absolute Gasteiger partial charge is 0.490 e. The van der Waals surface area contributed by atoms with Gasteiger partial charge in [0.05, 0.1) is 12.7 Å². The molecular formula is C16H15FO4. The Kier molecular flexibility index (Phi) is 5.15. The molecule has 0 saturated carbocycles. The Labute approximate surface area is 122 Å². The van der Waals surface area contributed by atoms with E-state index in [4.69, 9.17) is 9.47 Å². The van der Waals surface area contributed by atoms with Gasteiger partial charge in [0.15, 0.2) is 0 Å². The number of esters is 1. The molecule has 0 N–H and O–H groups in total. The highest BCUT2D eigenvalue weighted by Crippen LogP contribution is 2.14. The number of ether oxygens (including phenoxy) is 3. The first-order valence-electron chi connectivity index (χ1n) is 6.38. The van der Waals surface area contributed by atoms with Crippen molar-refractivity contribution in [1.82, 2.24) is 0 Å². The van der Waals surface area contributed by atoms with E-state index in [-0.39, 0.29) is 11.8 Å². The average molecular weight is 290 g/mol. The van der Waals surface area contributed by atoms with Crippen molar-refractivity contribution in [3.8, 4) is 11.5 Å². The van der Waals surface area contributed by atoms with Crippen LogP contribution in [0, 0.1) is 5.82 Å². The molecule has 0 saturated heterocycles. The van der Waals surface area contributed by atoms with Gasteiger partial charge in [-0.1, -0.05) is 0 Å². The lowest BCUT2D eigenvalue weighted by molar-refractivity contribution is 0.0600. The second-order valence-electron chi connectivity index (χ2n) is 4.17. The molecule has 0 unspecified atom stereocenters.